The first-order valence-electron chi connectivity index (χ1n) is 7.45. The number of halogens is 1. The Balaban J connectivity index is 2.03. The molecule has 1 N–H and O–H groups in total. The lowest BCUT2D eigenvalue weighted by molar-refractivity contribution is -0.118. The fourth-order valence-electron chi connectivity index (χ4n) is 2.06. The van der Waals surface area contributed by atoms with Crippen LogP contribution in [0.2, 0.25) is 5.02 Å². The molecule has 0 aliphatic rings. The maximum Gasteiger partial charge on any atom is 0.262 e. The zero-order valence-corrected chi connectivity index (χ0v) is 14.2. The van der Waals surface area contributed by atoms with E-state index >= 15 is 0 Å². The van der Waals surface area contributed by atoms with E-state index in [2.05, 4.69) is 5.32 Å². The van der Waals surface area contributed by atoms with Crippen LogP contribution in [-0.4, -0.2) is 25.4 Å². The maximum absolute atomic E-state index is 12.1. The molecule has 0 heterocycles. The molecule has 0 radical (unpaired) electrons. The molecule has 2 rings (SSSR count). The van der Waals surface area contributed by atoms with Crippen LogP contribution < -0.4 is 14.8 Å². The van der Waals surface area contributed by atoms with Crippen LogP contribution in [0.3, 0.4) is 0 Å². The van der Waals surface area contributed by atoms with Crippen molar-refractivity contribution in [2.24, 2.45) is 0 Å². The number of hydrogen-bond donors (Lipinski definition) is 1. The summed E-state index contributed by atoms with van der Waals surface area (Å²) in [6.07, 6.45) is 0.723. The summed E-state index contributed by atoms with van der Waals surface area (Å²) >= 11 is 6.03. The van der Waals surface area contributed by atoms with E-state index in [0.29, 0.717) is 34.4 Å². The summed E-state index contributed by atoms with van der Waals surface area (Å²) in [6, 6.07) is 10.1. The third-order valence-corrected chi connectivity index (χ3v) is 3.71. The third-order valence-electron chi connectivity index (χ3n) is 3.30. The van der Waals surface area contributed by atoms with E-state index in [4.69, 9.17) is 21.1 Å². The number of anilines is 1. The number of rotatable bonds is 7. The molecule has 0 aromatic heterocycles. The van der Waals surface area contributed by atoms with Crippen molar-refractivity contribution in [1.29, 1.82) is 0 Å². The minimum Gasteiger partial charge on any atom is -0.490 e. The number of ether oxygens (including phenoxy) is 2. The Labute approximate surface area is 145 Å². The standard InChI is InChI=1S/C18H18ClNO4/c1-3-23-17-9-13(10-21)7-8-16(17)24-11-18(22)20-15-6-4-5-14(19)12(15)2/h4-10H,3,11H2,1-2H3,(H,20,22). The molecule has 126 valence electrons. The van der Waals surface area contributed by atoms with Gasteiger partial charge in [-0.3, -0.25) is 9.59 Å². The van der Waals surface area contributed by atoms with Gasteiger partial charge in [-0.15, -0.1) is 0 Å². The molecule has 0 aliphatic carbocycles. The molecule has 0 unspecified atom stereocenters. The largest absolute Gasteiger partial charge is 0.490 e. The predicted molar refractivity (Wildman–Crippen MR) is 93.3 cm³/mol. The second-order valence-electron chi connectivity index (χ2n) is 5.01. The Morgan fingerprint density at radius 3 is 2.71 bits per heavy atom. The maximum atomic E-state index is 12.1. The number of amides is 1. The van der Waals surface area contributed by atoms with Gasteiger partial charge in [-0.2, -0.15) is 0 Å². The lowest BCUT2D eigenvalue weighted by atomic mass is 10.2. The van der Waals surface area contributed by atoms with Gasteiger partial charge >= 0.3 is 0 Å². The van der Waals surface area contributed by atoms with Gasteiger partial charge in [-0.25, -0.2) is 0 Å². The quantitative estimate of drug-likeness (QED) is 0.772. The number of carbonyl (C=O) groups excluding carboxylic acids is 2. The van der Waals surface area contributed by atoms with Crippen LogP contribution in [0.25, 0.3) is 0 Å². The van der Waals surface area contributed by atoms with Crippen LogP contribution in [0, 0.1) is 6.92 Å². The Hall–Kier alpha value is -2.53. The Kier molecular flexibility index (Phi) is 6.21. The van der Waals surface area contributed by atoms with Crippen LogP contribution in [0.5, 0.6) is 11.5 Å². The summed E-state index contributed by atoms with van der Waals surface area (Å²) in [5, 5.41) is 3.33. The minimum atomic E-state index is -0.317. The average Bonchev–Trinajstić information content (AvgIpc) is 2.58. The summed E-state index contributed by atoms with van der Waals surface area (Å²) in [5.74, 6) is 0.511. The minimum absolute atomic E-state index is 0.188. The molecule has 0 spiro atoms. The van der Waals surface area contributed by atoms with Gasteiger partial charge in [0, 0.05) is 16.3 Å². The van der Waals surface area contributed by atoms with E-state index in [-0.39, 0.29) is 12.5 Å². The van der Waals surface area contributed by atoms with E-state index in [1.807, 2.05) is 13.8 Å². The van der Waals surface area contributed by atoms with Crippen molar-refractivity contribution in [2.75, 3.05) is 18.5 Å². The number of hydrogen-bond acceptors (Lipinski definition) is 4. The summed E-state index contributed by atoms with van der Waals surface area (Å²) in [4.78, 5) is 22.9. The normalized spacial score (nSPS) is 10.1. The summed E-state index contributed by atoms with van der Waals surface area (Å²) in [7, 11) is 0. The monoisotopic (exact) mass is 347 g/mol. The van der Waals surface area contributed by atoms with Crippen molar-refractivity contribution in [2.45, 2.75) is 13.8 Å². The highest BCUT2D eigenvalue weighted by Crippen LogP contribution is 2.28. The van der Waals surface area contributed by atoms with Crippen LogP contribution in [0.15, 0.2) is 36.4 Å². The fraction of sp³-hybridized carbons (Fsp3) is 0.222. The van der Waals surface area contributed by atoms with Gasteiger partial charge in [-0.1, -0.05) is 17.7 Å². The first-order valence-corrected chi connectivity index (χ1v) is 7.82. The van der Waals surface area contributed by atoms with Crippen molar-refractivity contribution in [3.05, 3.63) is 52.5 Å². The molecule has 0 fully saturated rings. The smallest absolute Gasteiger partial charge is 0.262 e. The van der Waals surface area contributed by atoms with E-state index in [9.17, 15) is 9.59 Å². The summed E-state index contributed by atoms with van der Waals surface area (Å²) < 4.78 is 10.9. The molecule has 24 heavy (non-hydrogen) atoms. The molecule has 1 amide bonds. The first kappa shape index (κ1) is 17.8. The topological polar surface area (TPSA) is 64.6 Å². The van der Waals surface area contributed by atoms with Crippen LogP contribution in [-0.2, 0) is 4.79 Å². The SMILES string of the molecule is CCOc1cc(C=O)ccc1OCC(=O)Nc1cccc(Cl)c1C. The summed E-state index contributed by atoms with van der Waals surface area (Å²) in [5.41, 5.74) is 1.90. The van der Waals surface area contributed by atoms with Gasteiger partial charge in [0.2, 0.25) is 0 Å². The molecule has 0 bridgehead atoms. The molecule has 0 saturated carbocycles. The van der Waals surface area contributed by atoms with Crippen LogP contribution in [0.4, 0.5) is 5.69 Å². The molecule has 0 saturated heterocycles. The van der Waals surface area contributed by atoms with Gasteiger partial charge < -0.3 is 14.8 Å². The Morgan fingerprint density at radius 2 is 2.00 bits per heavy atom. The van der Waals surface area contributed by atoms with Gasteiger partial charge in [-0.05, 0) is 49.7 Å². The lowest BCUT2D eigenvalue weighted by Gasteiger charge is -2.13. The number of nitrogens with one attached hydrogen (secondary N) is 1. The van der Waals surface area contributed by atoms with E-state index in [0.717, 1.165) is 11.8 Å². The third kappa shape index (κ3) is 4.49. The Bertz CT molecular complexity index is 746. The second kappa shape index (κ2) is 8.36. The predicted octanol–water partition coefficient (Wildman–Crippen LogP) is 3.88. The second-order valence-corrected chi connectivity index (χ2v) is 5.41. The zero-order valence-electron chi connectivity index (χ0n) is 13.5. The van der Waals surface area contributed by atoms with Crippen molar-refractivity contribution >= 4 is 29.5 Å². The average molecular weight is 348 g/mol. The fourth-order valence-corrected chi connectivity index (χ4v) is 2.23. The lowest BCUT2D eigenvalue weighted by Crippen LogP contribution is -2.21. The zero-order chi connectivity index (χ0) is 17.5. The highest BCUT2D eigenvalue weighted by Gasteiger charge is 2.11. The van der Waals surface area contributed by atoms with Gasteiger partial charge in [0.25, 0.3) is 5.91 Å². The van der Waals surface area contributed by atoms with Crippen LogP contribution >= 0.6 is 11.6 Å². The van der Waals surface area contributed by atoms with Gasteiger partial charge in [0.15, 0.2) is 18.1 Å². The van der Waals surface area contributed by atoms with Crippen LogP contribution in [0.1, 0.15) is 22.8 Å². The number of carbonyl (C=O) groups is 2. The molecule has 0 aliphatic heterocycles. The van der Waals surface area contributed by atoms with Gasteiger partial charge in [0.05, 0.1) is 6.61 Å². The molecular formula is C18H18ClNO4. The Morgan fingerprint density at radius 1 is 1.21 bits per heavy atom. The van der Waals surface area contributed by atoms with Crippen molar-refractivity contribution in [3.63, 3.8) is 0 Å². The molecule has 5 nitrogen and oxygen atoms in total. The summed E-state index contributed by atoms with van der Waals surface area (Å²) in [6.45, 7) is 3.88. The van der Waals surface area contributed by atoms with Gasteiger partial charge in [0.1, 0.15) is 6.29 Å². The number of aldehydes is 1. The highest BCUT2D eigenvalue weighted by molar-refractivity contribution is 6.31. The molecule has 2 aromatic carbocycles. The van der Waals surface area contributed by atoms with Crippen molar-refractivity contribution in [1.82, 2.24) is 0 Å². The van der Waals surface area contributed by atoms with E-state index < -0.39 is 0 Å². The highest BCUT2D eigenvalue weighted by atomic mass is 35.5. The van der Waals surface area contributed by atoms with Crippen molar-refractivity contribution in [3.8, 4) is 11.5 Å². The van der Waals surface area contributed by atoms with Crippen molar-refractivity contribution < 1.29 is 19.1 Å². The number of benzene rings is 2. The molecule has 0 atom stereocenters. The molecular weight excluding hydrogens is 330 g/mol. The van der Waals surface area contributed by atoms with E-state index in [1.54, 1.807) is 36.4 Å². The van der Waals surface area contributed by atoms with E-state index in [1.165, 1.54) is 0 Å². The molecule has 2 aromatic rings. The molecule has 6 heteroatoms. The first-order chi connectivity index (χ1) is 11.5.